The maximum Gasteiger partial charge on any atom is 0.407 e. The van der Waals surface area contributed by atoms with Crippen LogP contribution in [-0.2, 0) is 84.5 Å². The first-order chi connectivity index (χ1) is 59.1. The van der Waals surface area contributed by atoms with E-state index in [1.165, 1.54) is 12.0 Å². The fourth-order valence-corrected chi connectivity index (χ4v) is 21.5. The van der Waals surface area contributed by atoms with Gasteiger partial charge in [-0.05, 0) is 233 Å². The third-order valence-electron chi connectivity index (χ3n) is 29.1. The lowest BCUT2D eigenvalue weighted by atomic mass is 9.76. The van der Waals surface area contributed by atoms with Crippen molar-refractivity contribution in [2.75, 3.05) is 40.5 Å². The van der Waals surface area contributed by atoms with Crippen LogP contribution < -0.4 is 10.6 Å². The summed E-state index contributed by atoms with van der Waals surface area (Å²) in [4.78, 5) is 133. The van der Waals surface area contributed by atoms with Gasteiger partial charge >= 0.3 is 24.1 Å². The summed E-state index contributed by atoms with van der Waals surface area (Å²) in [5.74, 6) is -14.1. The highest BCUT2D eigenvalue weighted by atomic mass is 16.6. The maximum atomic E-state index is 14.9. The van der Waals surface area contributed by atoms with E-state index in [4.69, 9.17) is 37.9 Å². The van der Waals surface area contributed by atoms with Crippen LogP contribution in [-0.4, -0.2) is 225 Å². The van der Waals surface area contributed by atoms with E-state index in [1.807, 2.05) is 70.7 Å². The van der Waals surface area contributed by atoms with E-state index < -0.39 is 168 Å². The number of cyclic esters (lactones) is 2. The summed E-state index contributed by atoms with van der Waals surface area (Å²) >= 11 is 0. The van der Waals surface area contributed by atoms with E-state index in [1.54, 1.807) is 66.0 Å². The van der Waals surface area contributed by atoms with Crippen LogP contribution in [0.25, 0.3) is 0 Å². The number of rotatable bonds is 16. The van der Waals surface area contributed by atoms with Gasteiger partial charge in [-0.2, -0.15) is 0 Å². The standard InChI is InChI=1S/C98H152N4O23/c1-55-24-25-59(5)86-61(7)45-65(11)97(116,124-86)90(109)69(15)101-36-20-18-22-76(101)93(112)122-88(63(9)47-72-30-32-78(103)84(49-72)118-16)67(13)80(105)51-82(107)74(43-57(3)40-55)34-38-120-95(114)99-53-70-26-28-71(29-27-70)54-100-96(115)121-39-35-75-44-58(4)41-56(2)42-60(6)87-62(8)46-66(12)98(117,125-87)91(110)92(111)102-37-21-19-23-77(102)94(113)123-89(68(14)81(106)52-83(75)108)64(10)48-73-31-33-79(104)85(50-73)119-17/h26-29,43-44,47-48,55-56,59-62,65-69,72-81,84-89,103-106,116-117H,18-25,30-42,45-46,49-54H2,1-17H3,(H,99,114)(H,100,115)/b57-43+,58-44+,63-47+,64-48+/t55-,56+,59?,60?,61?,62?,65-,66-,67-,68-,69?,72?,73?,74-,75-,76?,77?,78?,79?,80?,81?,84?,85?,86?,87?,88?,89?,97?,98?/m1/s1. The Labute approximate surface area is 742 Å². The number of piperidine rings is 2. The molecule has 125 heavy (non-hydrogen) atoms. The average Bonchev–Trinajstić information content (AvgIpc) is 0.854. The van der Waals surface area contributed by atoms with Crippen LogP contribution in [0, 0.1) is 82.9 Å². The van der Waals surface area contributed by atoms with Crippen molar-refractivity contribution in [3.63, 3.8) is 0 Å². The van der Waals surface area contributed by atoms with Gasteiger partial charge in [0.1, 0.15) is 35.9 Å². The minimum atomic E-state index is -2.46. The number of carbonyl (C=O) groups is 9. The molecule has 9 rings (SSSR count). The molecule has 4 saturated heterocycles. The summed E-state index contributed by atoms with van der Waals surface area (Å²) in [6.45, 7) is 28.9. The number of hydrogen-bond acceptors (Lipinski definition) is 24. The first-order valence-electron chi connectivity index (χ1n) is 46.9. The molecule has 0 spiro atoms. The molecule has 1 aromatic carbocycles. The molecule has 2 aliphatic carbocycles. The zero-order valence-electron chi connectivity index (χ0n) is 77.7. The second-order valence-electron chi connectivity index (χ2n) is 39.5. The van der Waals surface area contributed by atoms with E-state index in [9.17, 15) is 73.8 Å². The molecule has 702 valence electrons. The second-order valence-corrected chi connectivity index (χ2v) is 39.5. The Balaban J connectivity index is 0.842. The van der Waals surface area contributed by atoms with E-state index in [0.29, 0.717) is 132 Å². The van der Waals surface area contributed by atoms with E-state index in [0.717, 1.165) is 24.0 Å². The number of carbonyl (C=O) groups excluding carboxylic acids is 9. The van der Waals surface area contributed by atoms with Crippen molar-refractivity contribution < 1.29 is 112 Å². The SMILES string of the molecule is COC1CC(/C=C(\C)C2OC(=O)C3CCCCN3C(=O)C(=O)C3(O)OC(C(C)C[C@@H](C)C/C(C)=C/[C@@H](CCOC(=O)NCc4ccc(CNC(=O)OCC[C@@H]5/C=C(\C)C[C@H](C)CCC(C)C6OC(O)(C(=O)C(C)N7CCCCC7C(=O)OC(/C(C)=C/C7CCC(O)C(OC)C7)[C@H](C)C(O)CC5=O)[C@H](C)CC6C)cc4)C(=O)CC(O)[C@H]2C)C(C)C[C@H]3C)CCC1O. The fourth-order valence-electron chi connectivity index (χ4n) is 21.5. The van der Waals surface area contributed by atoms with Crippen molar-refractivity contribution in [2.24, 2.45) is 82.9 Å². The molecule has 1 aromatic rings. The van der Waals surface area contributed by atoms with Crippen molar-refractivity contribution in [2.45, 2.75) is 355 Å². The van der Waals surface area contributed by atoms with Gasteiger partial charge in [-0.1, -0.05) is 142 Å². The van der Waals surface area contributed by atoms with Crippen LogP contribution in [0.5, 0.6) is 0 Å². The van der Waals surface area contributed by atoms with E-state index >= 15 is 0 Å². The molecule has 2 saturated carbocycles. The third kappa shape index (κ3) is 27.0. The van der Waals surface area contributed by atoms with Gasteiger partial charge < -0.3 is 84.1 Å². The van der Waals surface area contributed by atoms with Crippen molar-refractivity contribution in [1.29, 1.82) is 0 Å². The monoisotopic (exact) mass is 1750 g/mol. The molecule has 0 aromatic heterocycles. The second kappa shape index (κ2) is 46.8. The van der Waals surface area contributed by atoms with Gasteiger partial charge in [0.15, 0.2) is 0 Å². The number of hydrogen-bond donors (Lipinski definition) is 8. The Morgan fingerprint density at radius 3 is 1.42 bits per heavy atom. The summed E-state index contributed by atoms with van der Waals surface area (Å²) in [5, 5.41) is 76.2. The van der Waals surface area contributed by atoms with E-state index in [-0.39, 0.29) is 124 Å². The maximum absolute atomic E-state index is 14.9. The number of aliphatic hydroxyl groups is 6. The van der Waals surface area contributed by atoms with Gasteiger partial charge in [0.25, 0.3) is 11.7 Å². The number of esters is 2. The number of nitrogens with zero attached hydrogens (tertiary/aromatic N) is 2. The molecule has 6 heterocycles. The highest BCUT2D eigenvalue weighted by Gasteiger charge is 2.57. The number of Topliss-reactive ketones (excluding diaryl/α,β-unsaturated/α-hetero) is 4. The molecule has 6 aliphatic heterocycles. The van der Waals surface area contributed by atoms with E-state index in [2.05, 4.69) is 38.3 Å². The quantitative estimate of drug-likeness (QED) is 0.0330. The molecule has 21 unspecified atom stereocenters. The van der Waals surface area contributed by atoms with Crippen molar-refractivity contribution >= 4 is 53.2 Å². The first kappa shape index (κ1) is 102. The normalized spacial score (nSPS) is 39.2. The lowest BCUT2D eigenvalue weighted by Gasteiger charge is -2.48. The number of fused-ring (bicyclic) bond motifs is 6. The predicted octanol–water partition coefficient (Wildman–Crippen LogP) is 12.8. The van der Waals surface area contributed by atoms with Crippen molar-refractivity contribution in [1.82, 2.24) is 20.4 Å². The van der Waals surface area contributed by atoms with Crippen molar-refractivity contribution in [3.05, 3.63) is 82.0 Å². The summed E-state index contributed by atoms with van der Waals surface area (Å²) in [6, 6.07) is 4.18. The molecule has 8 aliphatic rings. The molecule has 27 nitrogen and oxygen atoms in total. The molecular formula is C98H152N4O23. The zero-order chi connectivity index (χ0) is 91.6. The topological polar surface area (TPSA) is 379 Å². The Morgan fingerprint density at radius 1 is 0.504 bits per heavy atom. The number of aliphatic hydroxyl groups excluding tert-OH is 4. The number of methoxy groups -OCH3 is 2. The molecule has 29 atom stereocenters. The molecular weight excluding hydrogens is 1600 g/mol. The van der Waals surface area contributed by atoms with Gasteiger partial charge in [0.05, 0.1) is 68.1 Å². The number of ether oxygens (including phenoxy) is 8. The van der Waals surface area contributed by atoms with Crippen LogP contribution in [0.2, 0.25) is 0 Å². The highest BCUT2D eigenvalue weighted by molar-refractivity contribution is 6.39. The Bertz CT molecular complexity index is 3920. The van der Waals surface area contributed by atoms with Crippen molar-refractivity contribution in [3.8, 4) is 0 Å². The summed E-state index contributed by atoms with van der Waals surface area (Å²) in [6.07, 6.45) is 8.28. The smallest absolute Gasteiger partial charge is 0.407 e. The number of amides is 3. The molecule has 4 bridgehead atoms. The summed E-state index contributed by atoms with van der Waals surface area (Å²) < 4.78 is 48.8. The van der Waals surface area contributed by atoms with Crippen LogP contribution in [0.4, 0.5) is 9.59 Å². The van der Waals surface area contributed by atoms with Gasteiger partial charge in [-0.15, -0.1) is 0 Å². The number of allylic oxidation sites excluding steroid dienone is 6. The Hall–Kier alpha value is -6.63. The lowest BCUT2D eigenvalue weighted by molar-refractivity contribution is -0.285. The van der Waals surface area contributed by atoms with Crippen LogP contribution >= 0.6 is 0 Å². The molecule has 8 N–H and O–H groups in total. The minimum Gasteiger partial charge on any atom is -0.456 e. The Kier molecular flexibility index (Phi) is 38.2. The van der Waals surface area contributed by atoms with Gasteiger partial charge in [-0.25, -0.2) is 14.4 Å². The van der Waals surface area contributed by atoms with Gasteiger partial charge in [-0.3, -0.25) is 33.7 Å². The first-order valence-corrected chi connectivity index (χ1v) is 46.9. The fraction of sp³-hybridized carbons (Fsp3) is 0.765. The third-order valence-corrected chi connectivity index (χ3v) is 29.1. The average molecular weight is 1750 g/mol. The molecule has 27 heteroatoms. The molecule has 6 fully saturated rings. The van der Waals surface area contributed by atoms with Crippen LogP contribution in [0.3, 0.4) is 0 Å². The van der Waals surface area contributed by atoms with Gasteiger partial charge in [0.2, 0.25) is 17.4 Å². The van der Waals surface area contributed by atoms with Crippen LogP contribution in [0.15, 0.2) is 70.9 Å². The Morgan fingerprint density at radius 2 is 0.936 bits per heavy atom. The highest BCUT2D eigenvalue weighted by Crippen LogP contribution is 2.45. The largest absolute Gasteiger partial charge is 0.456 e. The lowest BCUT2D eigenvalue weighted by Crippen LogP contribution is -2.63. The molecule has 0 radical (unpaired) electrons. The van der Waals surface area contributed by atoms with Gasteiger partial charge in [0, 0.05) is 82.2 Å². The number of nitrogens with one attached hydrogen (secondary N) is 2. The minimum absolute atomic E-state index is 0.01000. The summed E-state index contributed by atoms with van der Waals surface area (Å²) in [7, 11) is 3.10. The summed E-state index contributed by atoms with van der Waals surface area (Å²) in [5.41, 5.74) is 4.46. The number of ketones is 4. The number of alkyl carbamates (subject to hydrolysis) is 2. The molecule has 3 amide bonds. The zero-order valence-corrected chi connectivity index (χ0v) is 77.7. The van der Waals surface area contributed by atoms with Crippen LogP contribution in [0.1, 0.15) is 263 Å². The predicted molar refractivity (Wildman–Crippen MR) is 470 cm³/mol. The number of benzene rings is 1.